The molecule has 7 heteroatoms. The number of nitrogens with zero attached hydrogens (tertiary/aromatic N) is 3. The maximum absolute atomic E-state index is 13.3. The molecule has 0 saturated carbocycles. The molecule has 0 radical (unpaired) electrons. The maximum atomic E-state index is 13.3. The zero-order valence-electron chi connectivity index (χ0n) is 19.3. The average Bonchev–Trinajstić information content (AvgIpc) is 3.28. The lowest BCUT2D eigenvalue weighted by Crippen LogP contribution is -2.38. The molecule has 176 valence electrons. The van der Waals surface area contributed by atoms with Crippen molar-refractivity contribution in [3.05, 3.63) is 115 Å². The highest BCUT2D eigenvalue weighted by molar-refractivity contribution is 5.99. The summed E-state index contributed by atoms with van der Waals surface area (Å²) in [4.78, 5) is 31.9. The summed E-state index contributed by atoms with van der Waals surface area (Å²) in [5.74, 6) is -0.910. The minimum absolute atomic E-state index is 0.158. The highest BCUT2D eigenvalue weighted by atomic mass is 19.1. The number of hydrogen-bond acceptors (Lipinski definition) is 3. The monoisotopic (exact) mass is 468 g/mol. The SMILES string of the molecule is C=CCN(CC(=O)Nc1nc(-c2ccccc2)cn1-c1cccc(C)c1)C(=O)c1ccc(F)cc1. The van der Waals surface area contributed by atoms with Crippen LogP contribution in [0.4, 0.5) is 10.3 Å². The summed E-state index contributed by atoms with van der Waals surface area (Å²) in [6.07, 6.45) is 3.40. The lowest BCUT2D eigenvalue weighted by molar-refractivity contribution is -0.116. The van der Waals surface area contributed by atoms with Gasteiger partial charge in [0.25, 0.3) is 5.91 Å². The largest absolute Gasteiger partial charge is 0.326 e. The predicted octanol–water partition coefficient (Wildman–Crippen LogP) is 5.25. The van der Waals surface area contributed by atoms with Crippen molar-refractivity contribution in [1.82, 2.24) is 14.5 Å². The Morgan fingerprint density at radius 3 is 2.49 bits per heavy atom. The molecule has 4 aromatic rings. The fraction of sp³-hybridized carbons (Fsp3) is 0.107. The number of hydrogen-bond donors (Lipinski definition) is 1. The van der Waals surface area contributed by atoms with E-state index < -0.39 is 17.6 Å². The van der Waals surface area contributed by atoms with Gasteiger partial charge >= 0.3 is 0 Å². The van der Waals surface area contributed by atoms with Gasteiger partial charge in [-0.1, -0.05) is 48.5 Å². The van der Waals surface area contributed by atoms with Crippen LogP contribution in [0.15, 0.2) is 97.7 Å². The van der Waals surface area contributed by atoms with Crippen molar-refractivity contribution in [2.24, 2.45) is 0 Å². The molecule has 0 bridgehead atoms. The zero-order valence-corrected chi connectivity index (χ0v) is 19.3. The fourth-order valence-corrected chi connectivity index (χ4v) is 3.68. The van der Waals surface area contributed by atoms with Crippen LogP contribution in [-0.2, 0) is 4.79 Å². The van der Waals surface area contributed by atoms with Crippen molar-refractivity contribution in [3.8, 4) is 16.9 Å². The normalized spacial score (nSPS) is 10.6. The van der Waals surface area contributed by atoms with Gasteiger partial charge in [0, 0.05) is 29.6 Å². The molecule has 35 heavy (non-hydrogen) atoms. The first-order valence-corrected chi connectivity index (χ1v) is 11.1. The number of benzene rings is 3. The van der Waals surface area contributed by atoms with E-state index in [-0.39, 0.29) is 18.7 Å². The van der Waals surface area contributed by atoms with Crippen LogP contribution in [0, 0.1) is 12.7 Å². The number of nitrogens with one attached hydrogen (secondary N) is 1. The van der Waals surface area contributed by atoms with Gasteiger partial charge in [0.2, 0.25) is 11.9 Å². The van der Waals surface area contributed by atoms with Crippen LogP contribution in [-0.4, -0.2) is 39.4 Å². The number of rotatable bonds is 8. The first-order chi connectivity index (χ1) is 16.9. The van der Waals surface area contributed by atoms with Gasteiger partial charge in [-0.05, 0) is 48.9 Å². The van der Waals surface area contributed by atoms with E-state index in [2.05, 4.69) is 16.9 Å². The topological polar surface area (TPSA) is 67.2 Å². The summed E-state index contributed by atoms with van der Waals surface area (Å²) in [5.41, 5.74) is 3.81. The molecule has 2 amide bonds. The quantitative estimate of drug-likeness (QED) is 0.359. The lowest BCUT2D eigenvalue weighted by atomic mass is 10.2. The molecule has 0 atom stereocenters. The number of imidazole rings is 1. The van der Waals surface area contributed by atoms with Gasteiger partial charge in [-0.25, -0.2) is 9.37 Å². The Morgan fingerprint density at radius 1 is 1.06 bits per heavy atom. The molecule has 0 fully saturated rings. The van der Waals surface area contributed by atoms with E-state index in [4.69, 9.17) is 0 Å². The molecule has 3 aromatic carbocycles. The van der Waals surface area contributed by atoms with Gasteiger partial charge in [-0.2, -0.15) is 0 Å². The first-order valence-electron chi connectivity index (χ1n) is 11.1. The molecular weight excluding hydrogens is 443 g/mol. The summed E-state index contributed by atoms with van der Waals surface area (Å²) < 4.78 is 15.1. The van der Waals surface area contributed by atoms with Crippen LogP contribution in [0.25, 0.3) is 16.9 Å². The number of aryl methyl sites for hydroxylation is 1. The fourth-order valence-electron chi connectivity index (χ4n) is 3.68. The molecule has 0 unspecified atom stereocenters. The van der Waals surface area contributed by atoms with E-state index in [1.165, 1.54) is 35.2 Å². The molecule has 0 saturated heterocycles. The Balaban J connectivity index is 1.60. The van der Waals surface area contributed by atoms with Gasteiger partial charge in [0.15, 0.2) is 0 Å². The number of carbonyl (C=O) groups is 2. The van der Waals surface area contributed by atoms with Crippen molar-refractivity contribution in [2.75, 3.05) is 18.4 Å². The van der Waals surface area contributed by atoms with Gasteiger partial charge in [0.1, 0.15) is 12.4 Å². The summed E-state index contributed by atoms with van der Waals surface area (Å²) in [6.45, 7) is 5.61. The Morgan fingerprint density at radius 2 is 1.80 bits per heavy atom. The van der Waals surface area contributed by atoms with Crippen molar-refractivity contribution in [1.29, 1.82) is 0 Å². The summed E-state index contributed by atoms with van der Waals surface area (Å²) in [6, 6.07) is 22.7. The highest BCUT2D eigenvalue weighted by Gasteiger charge is 2.20. The molecule has 1 N–H and O–H groups in total. The van der Waals surface area contributed by atoms with Crippen LogP contribution >= 0.6 is 0 Å². The van der Waals surface area contributed by atoms with Gasteiger partial charge < -0.3 is 4.90 Å². The zero-order chi connectivity index (χ0) is 24.8. The Hall–Kier alpha value is -4.52. The molecule has 4 rings (SSSR count). The van der Waals surface area contributed by atoms with Crippen LogP contribution in [0.5, 0.6) is 0 Å². The second-order valence-corrected chi connectivity index (χ2v) is 8.05. The molecule has 6 nitrogen and oxygen atoms in total. The summed E-state index contributed by atoms with van der Waals surface area (Å²) in [5, 5.41) is 2.85. The van der Waals surface area contributed by atoms with E-state index in [0.717, 1.165) is 16.8 Å². The molecular formula is C28H25FN4O2. The summed E-state index contributed by atoms with van der Waals surface area (Å²) in [7, 11) is 0. The van der Waals surface area contributed by atoms with Crippen molar-refractivity contribution in [2.45, 2.75) is 6.92 Å². The third kappa shape index (κ3) is 5.70. The number of aromatic nitrogens is 2. The smallest absolute Gasteiger partial charge is 0.254 e. The molecule has 0 aliphatic rings. The molecule has 0 aliphatic carbocycles. The van der Waals surface area contributed by atoms with E-state index >= 15 is 0 Å². The summed E-state index contributed by atoms with van der Waals surface area (Å²) >= 11 is 0. The van der Waals surface area contributed by atoms with Crippen molar-refractivity contribution < 1.29 is 14.0 Å². The molecule has 0 aliphatic heterocycles. The number of carbonyl (C=O) groups excluding carboxylic acids is 2. The molecule has 1 aromatic heterocycles. The van der Waals surface area contributed by atoms with Gasteiger partial charge in [-0.3, -0.25) is 19.5 Å². The van der Waals surface area contributed by atoms with Gasteiger partial charge in [-0.15, -0.1) is 6.58 Å². The van der Waals surface area contributed by atoms with Gasteiger partial charge in [0.05, 0.1) is 5.69 Å². The Kier molecular flexibility index (Phi) is 7.16. The third-order valence-electron chi connectivity index (χ3n) is 5.37. The maximum Gasteiger partial charge on any atom is 0.254 e. The second kappa shape index (κ2) is 10.6. The van der Waals surface area contributed by atoms with E-state index in [9.17, 15) is 14.0 Å². The minimum Gasteiger partial charge on any atom is -0.326 e. The number of amides is 2. The minimum atomic E-state index is -0.438. The van der Waals surface area contributed by atoms with E-state index in [0.29, 0.717) is 11.6 Å². The van der Waals surface area contributed by atoms with Crippen LogP contribution < -0.4 is 5.32 Å². The Bertz CT molecular complexity index is 1350. The highest BCUT2D eigenvalue weighted by Crippen LogP contribution is 2.24. The third-order valence-corrected chi connectivity index (χ3v) is 5.37. The molecule has 0 spiro atoms. The number of anilines is 1. The second-order valence-electron chi connectivity index (χ2n) is 8.05. The lowest BCUT2D eigenvalue weighted by Gasteiger charge is -2.20. The predicted molar refractivity (Wildman–Crippen MR) is 135 cm³/mol. The average molecular weight is 469 g/mol. The van der Waals surface area contributed by atoms with Crippen LogP contribution in [0.2, 0.25) is 0 Å². The van der Waals surface area contributed by atoms with Crippen molar-refractivity contribution in [3.63, 3.8) is 0 Å². The van der Waals surface area contributed by atoms with Crippen LogP contribution in [0.1, 0.15) is 15.9 Å². The van der Waals surface area contributed by atoms with E-state index in [1.54, 1.807) is 0 Å². The first kappa shape index (κ1) is 23.6. The standard InChI is InChI=1S/C28H25FN4O2/c1-3-16-32(27(35)22-12-14-23(29)15-13-22)19-26(34)31-28-30-25(21-9-5-4-6-10-21)18-33(28)24-11-7-8-20(2)17-24/h3-15,17-18H,1,16,19H2,2H3,(H,30,31,34). The van der Waals surface area contributed by atoms with Crippen molar-refractivity contribution >= 4 is 17.8 Å². The molecule has 1 heterocycles. The number of halogens is 1. The van der Waals surface area contributed by atoms with Crippen LogP contribution in [0.3, 0.4) is 0 Å². The van der Waals surface area contributed by atoms with E-state index in [1.807, 2.05) is 72.3 Å². The Labute approximate surface area is 203 Å².